The highest BCUT2D eigenvalue weighted by Gasteiger charge is 2.41. The second kappa shape index (κ2) is 7.22. The number of carbonyl (C=O) groups excluding carboxylic acids is 1. The fourth-order valence-electron chi connectivity index (χ4n) is 4.10. The normalized spacial score (nSPS) is 29.6. The maximum Gasteiger partial charge on any atom is 0.267 e. The van der Waals surface area contributed by atoms with Gasteiger partial charge >= 0.3 is 0 Å². The third kappa shape index (κ3) is 3.33. The number of nitrogens with zero attached hydrogens (tertiary/aromatic N) is 2. The lowest BCUT2D eigenvalue weighted by Crippen LogP contribution is -2.49. The number of hydrogen-bond acceptors (Lipinski definition) is 5. The van der Waals surface area contributed by atoms with Crippen LogP contribution in [0.5, 0.6) is 11.5 Å². The Morgan fingerprint density at radius 1 is 1.16 bits per heavy atom. The molecule has 136 valence electrons. The monoisotopic (exact) mass is 346 g/mol. The van der Waals surface area contributed by atoms with Crippen molar-refractivity contribution in [3.8, 4) is 11.5 Å². The molecule has 6 heteroatoms. The number of likely N-dealkylation sites (tertiary alicyclic amines) is 1. The molecule has 2 fully saturated rings. The summed E-state index contributed by atoms with van der Waals surface area (Å²) in [5.74, 6) is 1.93. The van der Waals surface area contributed by atoms with Crippen LogP contribution in [0.3, 0.4) is 0 Å². The summed E-state index contributed by atoms with van der Waals surface area (Å²) in [7, 11) is 0. The molecule has 0 aromatic heterocycles. The lowest BCUT2D eigenvalue weighted by atomic mass is 9.99. The molecule has 3 heterocycles. The molecular formula is C19H26N2O4. The molecule has 3 aliphatic rings. The van der Waals surface area contributed by atoms with Crippen LogP contribution in [-0.4, -0.2) is 73.9 Å². The minimum absolute atomic E-state index is 0.0451. The topological polar surface area (TPSA) is 51.2 Å². The first kappa shape index (κ1) is 16.7. The number of carbonyl (C=O) groups is 1. The maximum absolute atomic E-state index is 13.0. The van der Waals surface area contributed by atoms with Gasteiger partial charge in [-0.2, -0.15) is 0 Å². The van der Waals surface area contributed by atoms with Crippen LogP contribution < -0.4 is 9.47 Å². The van der Waals surface area contributed by atoms with E-state index in [4.69, 9.17) is 14.2 Å². The van der Waals surface area contributed by atoms with Gasteiger partial charge < -0.3 is 19.1 Å². The van der Waals surface area contributed by atoms with E-state index in [0.29, 0.717) is 23.5 Å². The van der Waals surface area contributed by atoms with Crippen LogP contribution in [0, 0.1) is 5.92 Å². The fourth-order valence-corrected chi connectivity index (χ4v) is 4.10. The summed E-state index contributed by atoms with van der Waals surface area (Å²) in [4.78, 5) is 17.4. The van der Waals surface area contributed by atoms with E-state index in [1.807, 2.05) is 29.2 Å². The lowest BCUT2D eigenvalue weighted by Gasteiger charge is -2.34. The maximum atomic E-state index is 13.0. The molecule has 0 radical (unpaired) electrons. The largest absolute Gasteiger partial charge is 0.485 e. The van der Waals surface area contributed by atoms with E-state index >= 15 is 0 Å². The zero-order valence-electron chi connectivity index (χ0n) is 14.7. The summed E-state index contributed by atoms with van der Waals surface area (Å²) in [5, 5.41) is 0. The Morgan fingerprint density at radius 3 is 2.68 bits per heavy atom. The molecule has 0 unspecified atom stereocenters. The van der Waals surface area contributed by atoms with Gasteiger partial charge in [0.05, 0.1) is 13.2 Å². The number of hydrogen-bond donors (Lipinski definition) is 0. The lowest BCUT2D eigenvalue weighted by molar-refractivity contribution is -0.140. The SMILES string of the molecule is CC[C@@H]1CN(C(=O)[C@@H]2COc3ccccc3O2)C[C@H]1N1CCOCC1. The molecule has 0 bridgehead atoms. The van der Waals surface area contributed by atoms with Crippen LogP contribution in [0.2, 0.25) is 0 Å². The second-order valence-electron chi connectivity index (χ2n) is 6.99. The van der Waals surface area contributed by atoms with Crippen LogP contribution in [0.4, 0.5) is 0 Å². The number of para-hydroxylation sites is 2. The van der Waals surface area contributed by atoms with Crippen molar-refractivity contribution >= 4 is 5.91 Å². The molecule has 6 nitrogen and oxygen atoms in total. The molecule has 3 atom stereocenters. The minimum atomic E-state index is -0.546. The molecule has 1 aromatic rings. The number of morpholine rings is 1. The Morgan fingerprint density at radius 2 is 1.92 bits per heavy atom. The van der Waals surface area contributed by atoms with Crippen LogP contribution in [0.15, 0.2) is 24.3 Å². The van der Waals surface area contributed by atoms with Crippen molar-refractivity contribution in [1.29, 1.82) is 0 Å². The smallest absolute Gasteiger partial charge is 0.267 e. The van der Waals surface area contributed by atoms with E-state index in [1.165, 1.54) is 0 Å². The summed E-state index contributed by atoms with van der Waals surface area (Å²) in [6.07, 6.45) is 0.535. The van der Waals surface area contributed by atoms with Gasteiger partial charge in [-0.05, 0) is 18.1 Å². The zero-order chi connectivity index (χ0) is 17.2. The quantitative estimate of drug-likeness (QED) is 0.828. The zero-order valence-corrected chi connectivity index (χ0v) is 14.7. The molecule has 1 aromatic carbocycles. The van der Waals surface area contributed by atoms with E-state index < -0.39 is 6.10 Å². The van der Waals surface area contributed by atoms with Crippen molar-refractivity contribution < 1.29 is 19.0 Å². The van der Waals surface area contributed by atoms with Gasteiger partial charge in [0.15, 0.2) is 11.5 Å². The Bertz CT molecular complexity index is 617. The number of amides is 1. The Labute approximate surface area is 148 Å². The van der Waals surface area contributed by atoms with E-state index in [9.17, 15) is 4.79 Å². The van der Waals surface area contributed by atoms with Gasteiger partial charge in [0.2, 0.25) is 6.10 Å². The average Bonchev–Trinajstić information content (AvgIpc) is 3.12. The fraction of sp³-hybridized carbons (Fsp3) is 0.632. The standard InChI is InChI=1S/C19H26N2O4/c1-2-14-11-21(12-15(14)20-7-9-23-10-8-20)19(22)18-13-24-16-5-3-4-6-17(16)25-18/h3-6,14-15,18H,2,7-13H2,1H3/t14-,15-,18+/m1/s1. The van der Waals surface area contributed by atoms with Gasteiger partial charge in [0.1, 0.15) is 6.61 Å². The molecule has 0 spiro atoms. The molecule has 25 heavy (non-hydrogen) atoms. The van der Waals surface area contributed by atoms with Gasteiger partial charge in [-0.1, -0.05) is 25.5 Å². The van der Waals surface area contributed by atoms with Gasteiger partial charge in [-0.25, -0.2) is 0 Å². The first-order valence-electron chi connectivity index (χ1n) is 9.25. The summed E-state index contributed by atoms with van der Waals surface area (Å²) in [6.45, 7) is 7.57. The van der Waals surface area contributed by atoms with Gasteiger partial charge in [0, 0.05) is 32.2 Å². The van der Waals surface area contributed by atoms with Crippen LogP contribution >= 0.6 is 0 Å². The van der Waals surface area contributed by atoms with Gasteiger partial charge in [-0.3, -0.25) is 9.69 Å². The average molecular weight is 346 g/mol. The van der Waals surface area contributed by atoms with Crippen molar-refractivity contribution in [3.63, 3.8) is 0 Å². The summed E-state index contributed by atoms with van der Waals surface area (Å²) in [6, 6.07) is 7.95. The second-order valence-corrected chi connectivity index (χ2v) is 6.99. The molecular weight excluding hydrogens is 320 g/mol. The van der Waals surface area contributed by atoms with Crippen LogP contribution in [0.1, 0.15) is 13.3 Å². The van der Waals surface area contributed by atoms with Crippen LogP contribution in [-0.2, 0) is 9.53 Å². The summed E-state index contributed by atoms with van der Waals surface area (Å²) in [5.41, 5.74) is 0. The first-order valence-corrected chi connectivity index (χ1v) is 9.25. The van der Waals surface area contributed by atoms with Crippen molar-refractivity contribution in [3.05, 3.63) is 24.3 Å². The van der Waals surface area contributed by atoms with Crippen molar-refractivity contribution in [2.75, 3.05) is 46.0 Å². The van der Waals surface area contributed by atoms with Crippen molar-refractivity contribution in [1.82, 2.24) is 9.80 Å². The van der Waals surface area contributed by atoms with E-state index in [2.05, 4.69) is 11.8 Å². The highest BCUT2D eigenvalue weighted by atomic mass is 16.6. The number of rotatable bonds is 3. The molecule has 1 amide bonds. The predicted molar refractivity (Wildman–Crippen MR) is 92.9 cm³/mol. The third-order valence-corrected chi connectivity index (χ3v) is 5.54. The predicted octanol–water partition coefficient (Wildman–Crippen LogP) is 1.40. The molecule has 0 aliphatic carbocycles. The number of benzene rings is 1. The van der Waals surface area contributed by atoms with E-state index in [0.717, 1.165) is 45.8 Å². The van der Waals surface area contributed by atoms with Crippen molar-refractivity contribution in [2.24, 2.45) is 5.92 Å². The van der Waals surface area contributed by atoms with E-state index in [-0.39, 0.29) is 12.5 Å². The van der Waals surface area contributed by atoms with Gasteiger partial charge in [0.25, 0.3) is 5.91 Å². The highest BCUT2D eigenvalue weighted by Crippen LogP contribution is 2.32. The number of fused-ring (bicyclic) bond motifs is 1. The number of ether oxygens (including phenoxy) is 3. The minimum Gasteiger partial charge on any atom is -0.485 e. The molecule has 2 saturated heterocycles. The molecule has 0 N–H and O–H groups in total. The molecule has 0 saturated carbocycles. The summed E-state index contributed by atoms with van der Waals surface area (Å²) >= 11 is 0. The van der Waals surface area contributed by atoms with Crippen LogP contribution in [0.25, 0.3) is 0 Å². The van der Waals surface area contributed by atoms with E-state index in [1.54, 1.807) is 0 Å². The molecule has 4 rings (SSSR count). The first-order chi connectivity index (χ1) is 12.3. The third-order valence-electron chi connectivity index (χ3n) is 5.54. The van der Waals surface area contributed by atoms with Gasteiger partial charge in [-0.15, -0.1) is 0 Å². The Kier molecular flexibility index (Phi) is 4.81. The highest BCUT2D eigenvalue weighted by molar-refractivity contribution is 5.82. The summed E-state index contributed by atoms with van der Waals surface area (Å²) < 4.78 is 17.1. The molecule has 3 aliphatic heterocycles. The Hall–Kier alpha value is -1.79. The Balaban J connectivity index is 1.42. The van der Waals surface area contributed by atoms with Crippen molar-refractivity contribution in [2.45, 2.75) is 25.5 Å².